The SMILES string of the molecule is C[C@@H]1C[C@@](O)(NCc2cc(C(F)(F)F)cc(C(F)(F)F)c2)C=C(C(F)(F)F)C1O. The van der Waals surface area contributed by atoms with Gasteiger partial charge in [-0.05, 0) is 42.2 Å². The van der Waals surface area contributed by atoms with Crippen LogP contribution in [0.25, 0.3) is 0 Å². The minimum Gasteiger partial charge on any atom is -0.388 e. The van der Waals surface area contributed by atoms with E-state index in [9.17, 15) is 49.7 Å². The number of aliphatic hydroxyl groups excluding tert-OH is 1. The highest BCUT2D eigenvalue weighted by atomic mass is 19.4. The molecule has 29 heavy (non-hydrogen) atoms. The Morgan fingerprint density at radius 3 is 1.83 bits per heavy atom. The van der Waals surface area contributed by atoms with Crippen molar-refractivity contribution in [1.82, 2.24) is 5.32 Å². The van der Waals surface area contributed by atoms with E-state index >= 15 is 0 Å². The van der Waals surface area contributed by atoms with E-state index in [4.69, 9.17) is 0 Å². The molecule has 3 atom stereocenters. The fourth-order valence-corrected chi connectivity index (χ4v) is 3.06. The Morgan fingerprint density at radius 2 is 1.41 bits per heavy atom. The van der Waals surface area contributed by atoms with Crippen molar-refractivity contribution in [2.75, 3.05) is 0 Å². The standard InChI is InChI=1S/C17H16F9NO2/c1-8-5-14(29,6-12(13(8)28)17(24,25)26)27-7-9-2-10(15(18,19)20)4-11(3-9)16(21,22)23/h2-4,6,8,13,27-29H,5,7H2,1H3/t8-,13?,14+/m1/s1. The average molecular weight is 437 g/mol. The van der Waals surface area contributed by atoms with Crippen molar-refractivity contribution in [2.45, 2.75) is 50.2 Å². The first-order valence-electron chi connectivity index (χ1n) is 8.16. The summed E-state index contributed by atoms with van der Waals surface area (Å²) in [5.41, 5.74) is -7.56. The summed E-state index contributed by atoms with van der Waals surface area (Å²) in [6, 6.07) is 0.723. The van der Waals surface area contributed by atoms with Crippen molar-refractivity contribution in [1.29, 1.82) is 0 Å². The molecule has 1 aliphatic carbocycles. The number of hydrogen-bond acceptors (Lipinski definition) is 3. The van der Waals surface area contributed by atoms with Crippen LogP contribution in [0, 0.1) is 5.92 Å². The Hall–Kier alpha value is -1.79. The summed E-state index contributed by atoms with van der Waals surface area (Å²) in [7, 11) is 0. The van der Waals surface area contributed by atoms with Crippen LogP contribution in [0.5, 0.6) is 0 Å². The van der Waals surface area contributed by atoms with Crippen LogP contribution in [-0.4, -0.2) is 28.2 Å². The average Bonchev–Trinajstić information content (AvgIpc) is 2.54. The van der Waals surface area contributed by atoms with Crippen molar-refractivity contribution < 1.29 is 49.7 Å². The highest BCUT2D eigenvalue weighted by molar-refractivity contribution is 5.34. The van der Waals surface area contributed by atoms with Crippen molar-refractivity contribution in [3.63, 3.8) is 0 Å². The van der Waals surface area contributed by atoms with E-state index in [-0.39, 0.29) is 12.1 Å². The van der Waals surface area contributed by atoms with Crippen molar-refractivity contribution in [3.05, 3.63) is 46.5 Å². The Bertz CT molecular complexity index is 750. The second-order valence-electron chi connectivity index (χ2n) is 6.92. The number of halogens is 9. The fourth-order valence-electron chi connectivity index (χ4n) is 3.06. The molecule has 1 aromatic carbocycles. The third-order valence-electron chi connectivity index (χ3n) is 4.46. The molecule has 0 aromatic heterocycles. The fraction of sp³-hybridized carbons (Fsp3) is 0.529. The number of nitrogens with one attached hydrogen (secondary N) is 1. The molecule has 0 fully saturated rings. The van der Waals surface area contributed by atoms with Gasteiger partial charge in [0.05, 0.1) is 22.8 Å². The maximum Gasteiger partial charge on any atom is 0.416 e. The summed E-state index contributed by atoms with van der Waals surface area (Å²) >= 11 is 0. The summed E-state index contributed by atoms with van der Waals surface area (Å²) in [6.07, 6.45) is -17.2. The second-order valence-corrected chi connectivity index (χ2v) is 6.92. The van der Waals surface area contributed by atoms with Gasteiger partial charge in [0.1, 0.15) is 5.72 Å². The summed E-state index contributed by atoms with van der Waals surface area (Å²) in [5.74, 6) is -1.08. The van der Waals surface area contributed by atoms with E-state index in [2.05, 4.69) is 5.32 Å². The van der Waals surface area contributed by atoms with Crippen LogP contribution in [0.15, 0.2) is 29.8 Å². The molecule has 0 saturated heterocycles. The number of benzene rings is 1. The van der Waals surface area contributed by atoms with E-state index in [1.807, 2.05) is 0 Å². The molecule has 0 spiro atoms. The molecule has 0 saturated carbocycles. The lowest BCUT2D eigenvalue weighted by Crippen LogP contribution is -2.51. The van der Waals surface area contributed by atoms with Crippen LogP contribution < -0.4 is 5.32 Å². The largest absolute Gasteiger partial charge is 0.416 e. The molecule has 3 nitrogen and oxygen atoms in total. The zero-order valence-electron chi connectivity index (χ0n) is 14.7. The minimum atomic E-state index is -5.08. The zero-order valence-corrected chi connectivity index (χ0v) is 14.7. The lowest BCUT2D eigenvalue weighted by atomic mass is 9.82. The first-order valence-corrected chi connectivity index (χ1v) is 8.16. The molecule has 0 heterocycles. The third kappa shape index (κ3) is 5.64. The molecule has 2 rings (SSSR count). The quantitative estimate of drug-likeness (QED) is 0.374. The topological polar surface area (TPSA) is 52.5 Å². The lowest BCUT2D eigenvalue weighted by molar-refractivity contribution is -0.143. The van der Waals surface area contributed by atoms with Gasteiger partial charge in [-0.15, -0.1) is 0 Å². The molecule has 3 N–H and O–H groups in total. The number of alkyl halides is 9. The van der Waals surface area contributed by atoms with Gasteiger partial charge >= 0.3 is 18.5 Å². The van der Waals surface area contributed by atoms with E-state index in [1.165, 1.54) is 6.92 Å². The summed E-state index contributed by atoms with van der Waals surface area (Å²) in [5, 5.41) is 22.2. The van der Waals surface area contributed by atoms with Gasteiger partial charge < -0.3 is 10.2 Å². The lowest BCUT2D eigenvalue weighted by Gasteiger charge is -2.38. The molecular weight excluding hydrogens is 421 g/mol. The van der Waals surface area contributed by atoms with Gasteiger partial charge in [0.25, 0.3) is 0 Å². The van der Waals surface area contributed by atoms with Gasteiger partial charge in [-0.25, -0.2) is 0 Å². The van der Waals surface area contributed by atoms with E-state index in [1.54, 1.807) is 0 Å². The summed E-state index contributed by atoms with van der Waals surface area (Å²) < 4.78 is 116. The monoisotopic (exact) mass is 437 g/mol. The van der Waals surface area contributed by atoms with Gasteiger partial charge in [-0.2, -0.15) is 39.5 Å². The van der Waals surface area contributed by atoms with Crippen LogP contribution in [0.3, 0.4) is 0 Å². The Balaban J connectivity index is 2.36. The normalized spacial score (nSPS) is 26.4. The van der Waals surface area contributed by atoms with Crippen LogP contribution in [0.2, 0.25) is 0 Å². The summed E-state index contributed by atoms with van der Waals surface area (Å²) in [6.45, 7) is 0.427. The minimum absolute atomic E-state index is 0.0844. The molecule has 164 valence electrons. The third-order valence-corrected chi connectivity index (χ3v) is 4.46. The predicted molar refractivity (Wildman–Crippen MR) is 82.2 cm³/mol. The number of hydrogen-bond donors (Lipinski definition) is 3. The van der Waals surface area contributed by atoms with Gasteiger partial charge in [0.15, 0.2) is 0 Å². The molecule has 1 aliphatic rings. The van der Waals surface area contributed by atoms with Gasteiger partial charge in [-0.3, -0.25) is 5.32 Å². The Labute approximate surface area is 158 Å². The van der Waals surface area contributed by atoms with E-state index in [0.717, 1.165) is 0 Å². The highest BCUT2D eigenvalue weighted by Gasteiger charge is 2.47. The smallest absolute Gasteiger partial charge is 0.388 e. The van der Waals surface area contributed by atoms with Crippen LogP contribution in [0.1, 0.15) is 30.0 Å². The van der Waals surface area contributed by atoms with Crippen LogP contribution >= 0.6 is 0 Å². The zero-order chi connectivity index (χ0) is 22.4. The van der Waals surface area contributed by atoms with Crippen LogP contribution in [-0.2, 0) is 18.9 Å². The molecule has 1 aromatic rings. The molecule has 0 aliphatic heterocycles. The van der Waals surface area contributed by atoms with Gasteiger partial charge in [0, 0.05) is 6.54 Å². The first-order chi connectivity index (χ1) is 12.9. The van der Waals surface area contributed by atoms with Gasteiger partial charge in [0.2, 0.25) is 0 Å². The molecule has 1 unspecified atom stereocenters. The molecule has 12 heteroatoms. The highest BCUT2D eigenvalue weighted by Crippen LogP contribution is 2.39. The second kappa shape index (κ2) is 7.47. The maximum absolute atomic E-state index is 13.0. The Morgan fingerprint density at radius 1 is 0.931 bits per heavy atom. The van der Waals surface area contributed by atoms with E-state index < -0.39 is 71.5 Å². The van der Waals surface area contributed by atoms with Crippen molar-refractivity contribution in [2.24, 2.45) is 5.92 Å². The van der Waals surface area contributed by atoms with E-state index in [0.29, 0.717) is 12.1 Å². The van der Waals surface area contributed by atoms with Crippen molar-refractivity contribution >= 4 is 0 Å². The molecular formula is C17H16F9NO2. The molecule has 0 bridgehead atoms. The van der Waals surface area contributed by atoms with Gasteiger partial charge in [-0.1, -0.05) is 6.92 Å². The molecule has 0 radical (unpaired) electrons. The number of rotatable bonds is 3. The summed E-state index contributed by atoms with van der Waals surface area (Å²) in [4.78, 5) is 0. The maximum atomic E-state index is 13.0. The van der Waals surface area contributed by atoms with Crippen LogP contribution in [0.4, 0.5) is 39.5 Å². The predicted octanol–water partition coefficient (Wildman–Crippen LogP) is 4.39. The number of aliphatic hydroxyl groups is 2. The molecule has 0 amide bonds. The first kappa shape index (κ1) is 23.5. The Kier molecular flexibility index (Phi) is 6.05. The van der Waals surface area contributed by atoms with Crippen molar-refractivity contribution in [3.8, 4) is 0 Å².